The molecule has 1 aliphatic heterocycles. The first-order chi connectivity index (χ1) is 15.7. The highest BCUT2D eigenvalue weighted by Gasteiger charge is 2.20. The Kier molecular flexibility index (Phi) is 11.5. The average molecular weight is 569 g/mol. The number of guanidine groups is 1. The number of pyridine rings is 1. The molecule has 9 heteroatoms. The third-order valence-electron chi connectivity index (χ3n) is 5.75. The van der Waals surface area contributed by atoms with Gasteiger partial charge in [0, 0.05) is 63.2 Å². The number of aromatic nitrogens is 1. The lowest BCUT2D eigenvalue weighted by molar-refractivity contribution is 0.196. The van der Waals surface area contributed by atoms with Crippen LogP contribution in [0.1, 0.15) is 24.1 Å². The van der Waals surface area contributed by atoms with E-state index in [1.807, 2.05) is 30.5 Å². The molecule has 2 N–H and O–H groups in total. The van der Waals surface area contributed by atoms with E-state index in [-0.39, 0.29) is 24.0 Å². The van der Waals surface area contributed by atoms with Gasteiger partial charge in [-0.25, -0.2) is 0 Å². The highest BCUT2D eigenvalue weighted by molar-refractivity contribution is 14.0. The predicted octanol–water partition coefficient (Wildman–Crippen LogP) is 3.10. The van der Waals surface area contributed by atoms with Gasteiger partial charge in [-0.2, -0.15) is 0 Å². The van der Waals surface area contributed by atoms with Gasteiger partial charge < -0.3 is 24.8 Å². The van der Waals surface area contributed by atoms with Crippen LogP contribution < -0.4 is 24.8 Å². The zero-order valence-electron chi connectivity index (χ0n) is 20.0. The van der Waals surface area contributed by atoms with Crippen LogP contribution in [0, 0.1) is 0 Å². The van der Waals surface area contributed by atoms with Gasteiger partial charge in [0.05, 0.1) is 27.0 Å². The highest BCUT2D eigenvalue weighted by atomic mass is 127. The second-order valence-corrected chi connectivity index (χ2v) is 7.78. The first-order valence-electron chi connectivity index (χ1n) is 11.0. The molecule has 0 bridgehead atoms. The number of hydrogen-bond donors (Lipinski definition) is 2. The van der Waals surface area contributed by atoms with E-state index in [1.165, 1.54) is 0 Å². The molecule has 1 saturated heterocycles. The van der Waals surface area contributed by atoms with Gasteiger partial charge in [0.25, 0.3) is 0 Å². The third kappa shape index (κ3) is 7.92. The van der Waals surface area contributed by atoms with E-state index in [2.05, 4.69) is 31.6 Å². The zero-order valence-corrected chi connectivity index (χ0v) is 22.3. The minimum atomic E-state index is 0. The minimum Gasteiger partial charge on any atom is -0.496 e. The SMILES string of the molecule is CN=C(NCCc1c(OC)cc(OC)cc1OC)NC1CCN(Cc2ccccn2)CC1.I. The van der Waals surface area contributed by atoms with Crippen LogP contribution in [-0.2, 0) is 13.0 Å². The van der Waals surface area contributed by atoms with Crippen molar-refractivity contribution < 1.29 is 14.2 Å². The summed E-state index contributed by atoms with van der Waals surface area (Å²) in [6, 6.07) is 10.3. The largest absolute Gasteiger partial charge is 0.496 e. The van der Waals surface area contributed by atoms with Crippen molar-refractivity contribution in [3.05, 3.63) is 47.8 Å². The van der Waals surface area contributed by atoms with E-state index in [1.54, 1.807) is 28.4 Å². The second kappa shape index (κ2) is 14.1. The number of hydrogen-bond acceptors (Lipinski definition) is 6. The number of methoxy groups -OCH3 is 3. The number of aliphatic imine (C=N–C) groups is 1. The molecular formula is C24H36IN5O3. The molecule has 3 rings (SSSR count). The van der Waals surface area contributed by atoms with Crippen molar-refractivity contribution in [2.75, 3.05) is 48.0 Å². The molecule has 0 unspecified atom stereocenters. The third-order valence-corrected chi connectivity index (χ3v) is 5.75. The number of halogens is 1. The smallest absolute Gasteiger partial charge is 0.191 e. The van der Waals surface area contributed by atoms with Gasteiger partial charge in [-0.1, -0.05) is 6.07 Å². The predicted molar refractivity (Wildman–Crippen MR) is 142 cm³/mol. The Morgan fingerprint density at radius 3 is 2.33 bits per heavy atom. The van der Waals surface area contributed by atoms with Crippen molar-refractivity contribution in [1.82, 2.24) is 20.5 Å². The Balaban J connectivity index is 0.00000385. The van der Waals surface area contributed by atoms with Gasteiger partial charge in [-0.05, 0) is 31.4 Å². The number of ether oxygens (including phenoxy) is 3. The van der Waals surface area contributed by atoms with Crippen molar-refractivity contribution in [1.29, 1.82) is 0 Å². The van der Waals surface area contributed by atoms with Crippen molar-refractivity contribution in [3.63, 3.8) is 0 Å². The maximum absolute atomic E-state index is 5.55. The molecule has 1 aromatic heterocycles. The van der Waals surface area contributed by atoms with Crippen LogP contribution in [0.15, 0.2) is 41.5 Å². The Morgan fingerprint density at radius 1 is 1.09 bits per heavy atom. The number of nitrogens with one attached hydrogen (secondary N) is 2. The maximum Gasteiger partial charge on any atom is 0.191 e. The van der Waals surface area contributed by atoms with Crippen LogP contribution in [0.2, 0.25) is 0 Å². The molecule has 1 fully saturated rings. The lowest BCUT2D eigenvalue weighted by atomic mass is 10.0. The molecule has 0 atom stereocenters. The minimum absolute atomic E-state index is 0. The van der Waals surface area contributed by atoms with Crippen LogP contribution in [0.3, 0.4) is 0 Å². The molecule has 0 spiro atoms. The van der Waals surface area contributed by atoms with Gasteiger partial charge in [0.2, 0.25) is 0 Å². The van der Waals surface area contributed by atoms with Crippen LogP contribution in [0.5, 0.6) is 17.2 Å². The number of rotatable bonds is 9. The summed E-state index contributed by atoms with van der Waals surface area (Å²) in [6.07, 6.45) is 4.75. The van der Waals surface area contributed by atoms with E-state index in [0.717, 1.165) is 67.6 Å². The standard InChI is InChI=1S/C24H35N5O3.HI/c1-25-24(27-12-8-21-22(31-3)15-20(30-2)16-23(21)32-4)28-18-9-13-29(14-10-18)17-19-7-5-6-11-26-19;/h5-7,11,15-16,18H,8-10,12-14,17H2,1-4H3,(H2,25,27,28);1H. The first kappa shape index (κ1) is 27.0. The summed E-state index contributed by atoms with van der Waals surface area (Å²) in [5.74, 6) is 3.04. The molecule has 0 saturated carbocycles. The fourth-order valence-electron chi connectivity index (χ4n) is 3.97. The molecule has 8 nitrogen and oxygen atoms in total. The fraction of sp³-hybridized carbons (Fsp3) is 0.500. The molecule has 0 aliphatic carbocycles. The number of benzene rings is 1. The first-order valence-corrected chi connectivity index (χ1v) is 11.0. The molecule has 0 radical (unpaired) electrons. The van der Waals surface area contributed by atoms with E-state index >= 15 is 0 Å². The van der Waals surface area contributed by atoms with E-state index in [9.17, 15) is 0 Å². The van der Waals surface area contributed by atoms with Crippen molar-refractivity contribution >= 4 is 29.9 Å². The summed E-state index contributed by atoms with van der Waals surface area (Å²) in [6.45, 7) is 3.71. The topological polar surface area (TPSA) is 80.2 Å². The second-order valence-electron chi connectivity index (χ2n) is 7.78. The van der Waals surface area contributed by atoms with Crippen LogP contribution in [0.25, 0.3) is 0 Å². The Labute approximate surface area is 214 Å². The number of nitrogens with zero attached hydrogens (tertiary/aromatic N) is 3. The summed E-state index contributed by atoms with van der Waals surface area (Å²) >= 11 is 0. The molecule has 0 amide bonds. The molecular weight excluding hydrogens is 533 g/mol. The molecule has 2 heterocycles. The summed E-state index contributed by atoms with van der Waals surface area (Å²) < 4.78 is 16.4. The highest BCUT2D eigenvalue weighted by Crippen LogP contribution is 2.34. The van der Waals surface area contributed by atoms with E-state index < -0.39 is 0 Å². The summed E-state index contributed by atoms with van der Waals surface area (Å²) in [4.78, 5) is 11.3. The van der Waals surface area contributed by atoms with E-state index in [4.69, 9.17) is 14.2 Å². The normalized spacial score (nSPS) is 14.8. The monoisotopic (exact) mass is 569 g/mol. The summed E-state index contributed by atoms with van der Waals surface area (Å²) in [5, 5.41) is 6.99. The molecule has 1 aliphatic rings. The number of likely N-dealkylation sites (tertiary alicyclic amines) is 1. The zero-order chi connectivity index (χ0) is 22.8. The Hall–Kier alpha value is -2.27. The quantitative estimate of drug-likeness (QED) is 0.273. The Morgan fingerprint density at radius 2 is 1.79 bits per heavy atom. The van der Waals surface area contributed by atoms with E-state index in [0.29, 0.717) is 18.3 Å². The number of piperidine rings is 1. The lowest BCUT2D eigenvalue weighted by Gasteiger charge is -2.32. The van der Waals surface area contributed by atoms with Gasteiger partial charge in [0.15, 0.2) is 5.96 Å². The van der Waals surface area contributed by atoms with Crippen LogP contribution in [0.4, 0.5) is 0 Å². The van der Waals surface area contributed by atoms with Gasteiger partial charge in [-0.3, -0.25) is 14.9 Å². The van der Waals surface area contributed by atoms with Crippen LogP contribution >= 0.6 is 24.0 Å². The van der Waals surface area contributed by atoms with Crippen molar-refractivity contribution in [2.24, 2.45) is 4.99 Å². The summed E-state index contributed by atoms with van der Waals surface area (Å²) in [7, 11) is 6.76. The fourth-order valence-corrected chi connectivity index (χ4v) is 3.97. The lowest BCUT2D eigenvalue weighted by Crippen LogP contribution is -2.48. The summed E-state index contributed by atoms with van der Waals surface area (Å²) in [5.41, 5.74) is 2.13. The maximum atomic E-state index is 5.55. The molecule has 2 aromatic rings. The molecule has 33 heavy (non-hydrogen) atoms. The van der Waals surface area contributed by atoms with Crippen molar-refractivity contribution in [2.45, 2.75) is 31.8 Å². The van der Waals surface area contributed by atoms with Gasteiger partial charge >= 0.3 is 0 Å². The Bertz CT molecular complexity index is 849. The van der Waals surface area contributed by atoms with Crippen LogP contribution in [-0.4, -0.2) is 69.9 Å². The average Bonchev–Trinajstić information content (AvgIpc) is 2.84. The van der Waals surface area contributed by atoms with Gasteiger partial charge in [-0.15, -0.1) is 24.0 Å². The van der Waals surface area contributed by atoms with Gasteiger partial charge in [0.1, 0.15) is 17.2 Å². The molecule has 182 valence electrons. The molecule has 1 aromatic carbocycles. The van der Waals surface area contributed by atoms with Crippen molar-refractivity contribution in [3.8, 4) is 17.2 Å².